The van der Waals surface area contributed by atoms with E-state index in [2.05, 4.69) is 32.0 Å². The van der Waals surface area contributed by atoms with Crippen molar-refractivity contribution in [3.05, 3.63) is 83.1 Å². The maximum absolute atomic E-state index is 13.4. The number of rotatable bonds is 6. The van der Waals surface area contributed by atoms with Crippen molar-refractivity contribution in [3.63, 3.8) is 0 Å². The fourth-order valence-electron chi connectivity index (χ4n) is 4.45. The molecule has 1 fully saturated rings. The van der Waals surface area contributed by atoms with Crippen LogP contribution in [0.4, 0.5) is 15.0 Å². The lowest BCUT2D eigenvalue weighted by atomic mass is 10.1. The van der Waals surface area contributed by atoms with Gasteiger partial charge in [0.15, 0.2) is 0 Å². The molecule has 8 nitrogen and oxygen atoms in total. The average Bonchev–Trinajstić information content (AvgIpc) is 3.43. The molecule has 0 aliphatic carbocycles. The number of H-pyrrole nitrogens is 1. The summed E-state index contributed by atoms with van der Waals surface area (Å²) in [7, 11) is 0. The first kappa shape index (κ1) is 28.7. The van der Waals surface area contributed by atoms with Crippen molar-refractivity contribution >= 4 is 17.8 Å². The third kappa shape index (κ3) is 7.85. The molecule has 2 amide bonds. The molecule has 9 heteroatoms. The zero-order chi connectivity index (χ0) is 28.7. The van der Waals surface area contributed by atoms with Crippen molar-refractivity contribution in [2.75, 3.05) is 31.1 Å². The quantitative estimate of drug-likeness (QED) is 0.345. The van der Waals surface area contributed by atoms with Gasteiger partial charge in [-0.15, -0.1) is 0 Å². The summed E-state index contributed by atoms with van der Waals surface area (Å²) < 4.78 is 18.9. The Morgan fingerprint density at radius 3 is 2.62 bits per heavy atom. The molecule has 4 rings (SSSR count). The Bertz CT molecular complexity index is 1370. The monoisotopic (exact) mass is 545 g/mol. The summed E-state index contributed by atoms with van der Waals surface area (Å²) in [6.07, 6.45) is 6.73. The van der Waals surface area contributed by atoms with Crippen LogP contribution in [0.5, 0.6) is 0 Å². The topological polar surface area (TPSA) is 90.6 Å². The number of halogens is 1. The van der Waals surface area contributed by atoms with Crippen LogP contribution in [0.15, 0.2) is 55.0 Å². The number of aromatic nitrogens is 2. The maximum atomic E-state index is 13.4. The van der Waals surface area contributed by atoms with E-state index in [1.165, 1.54) is 17.7 Å². The number of hydrogen-bond acceptors (Lipinski definition) is 5. The van der Waals surface area contributed by atoms with Crippen LogP contribution in [-0.4, -0.2) is 64.7 Å². The molecule has 1 atom stereocenters. The molecule has 2 N–H and O–H groups in total. The number of amides is 2. The minimum Gasteiger partial charge on any atom is -0.444 e. The summed E-state index contributed by atoms with van der Waals surface area (Å²) in [5.74, 6) is 6.28. The second-order valence-electron chi connectivity index (χ2n) is 10.9. The number of nitrogens with zero attached hydrogens (tertiary/aromatic N) is 3. The molecular formula is C31H36FN5O3. The van der Waals surface area contributed by atoms with E-state index < -0.39 is 5.60 Å². The van der Waals surface area contributed by atoms with E-state index in [1.807, 2.05) is 46.2 Å². The van der Waals surface area contributed by atoms with Gasteiger partial charge in [-0.2, -0.15) is 0 Å². The summed E-state index contributed by atoms with van der Waals surface area (Å²) in [6.45, 7) is 9.58. The Labute approximate surface area is 234 Å². The van der Waals surface area contributed by atoms with Gasteiger partial charge in [0.25, 0.3) is 5.91 Å². The van der Waals surface area contributed by atoms with Gasteiger partial charge in [0.2, 0.25) is 0 Å². The van der Waals surface area contributed by atoms with Gasteiger partial charge in [-0.05, 0) is 82.5 Å². The molecule has 3 heterocycles. The largest absolute Gasteiger partial charge is 0.444 e. The van der Waals surface area contributed by atoms with Crippen LogP contribution in [0, 0.1) is 17.7 Å². The molecule has 1 aliphatic heterocycles. The van der Waals surface area contributed by atoms with Crippen LogP contribution in [0.1, 0.15) is 61.2 Å². The molecule has 210 valence electrons. The van der Waals surface area contributed by atoms with Crippen LogP contribution in [0.3, 0.4) is 0 Å². The lowest BCUT2D eigenvalue weighted by molar-refractivity contribution is 0.0158. The Hall–Kier alpha value is -4.32. The first-order valence-corrected chi connectivity index (χ1v) is 13.5. The molecule has 1 saturated heterocycles. The molecule has 0 saturated carbocycles. The molecule has 1 aromatic carbocycles. The first-order valence-electron chi connectivity index (χ1n) is 13.5. The second-order valence-corrected chi connectivity index (χ2v) is 10.9. The fraction of sp³-hybridized carbons (Fsp3) is 0.387. The number of carbonyl (C=O) groups is 2. The molecule has 2 aromatic heterocycles. The zero-order valence-corrected chi connectivity index (χ0v) is 23.5. The number of aryl methyl sites for hydroxylation is 1. The number of carbonyl (C=O) groups excluding carboxylic acids is 2. The number of ether oxygens (including phenoxy) is 1. The highest BCUT2D eigenvalue weighted by Gasteiger charge is 2.32. The number of anilines is 1. The van der Waals surface area contributed by atoms with Crippen molar-refractivity contribution in [3.8, 4) is 11.8 Å². The predicted octanol–water partition coefficient (Wildman–Crippen LogP) is 4.76. The third-order valence-corrected chi connectivity index (χ3v) is 6.46. The van der Waals surface area contributed by atoms with Crippen molar-refractivity contribution in [2.24, 2.45) is 0 Å². The van der Waals surface area contributed by atoms with Crippen molar-refractivity contribution in [1.29, 1.82) is 0 Å². The smallest absolute Gasteiger partial charge is 0.410 e. The SMILES string of the molecule is CC1CN(c2ncc(C(=O)NCCCc3cc[nH]c3)cc2C#Cc2ccc(F)cc2)CCN1C(=O)OC(C)(C)C. The van der Waals surface area contributed by atoms with E-state index in [9.17, 15) is 14.0 Å². The van der Waals surface area contributed by atoms with E-state index in [1.54, 1.807) is 29.3 Å². The number of nitrogens with one attached hydrogen (secondary N) is 2. The third-order valence-electron chi connectivity index (χ3n) is 6.46. The summed E-state index contributed by atoms with van der Waals surface area (Å²) >= 11 is 0. The highest BCUT2D eigenvalue weighted by molar-refractivity contribution is 5.94. The summed E-state index contributed by atoms with van der Waals surface area (Å²) in [5.41, 5.74) is 2.27. The van der Waals surface area contributed by atoms with Gasteiger partial charge < -0.3 is 24.8 Å². The molecule has 0 bridgehead atoms. The summed E-state index contributed by atoms with van der Waals surface area (Å²) in [4.78, 5) is 37.1. The molecule has 40 heavy (non-hydrogen) atoms. The van der Waals surface area contributed by atoms with Gasteiger partial charge in [0, 0.05) is 56.4 Å². The van der Waals surface area contributed by atoms with Crippen molar-refractivity contribution < 1.29 is 18.7 Å². The minimum atomic E-state index is -0.572. The van der Waals surface area contributed by atoms with Crippen LogP contribution in [0.25, 0.3) is 0 Å². The van der Waals surface area contributed by atoms with Gasteiger partial charge in [-0.1, -0.05) is 11.8 Å². The molecule has 1 aliphatic rings. The number of aromatic amines is 1. The Morgan fingerprint density at radius 2 is 1.95 bits per heavy atom. The van der Waals surface area contributed by atoms with Crippen LogP contribution >= 0.6 is 0 Å². The normalized spacial score (nSPS) is 15.3. The predicted molar refractivity (Wildman–Crippen MR) is 153 cm³/mol. The van der Waals surface area contributed by atoms with Gasteiger partial charge in [0.05, 0.1) is 11.1 Å². The van der Waals surface area contributed by atoms with E-state index >= 15 is 0 Å². The minimum absolute atomic E-state index is 0.119. The molecule has 0 spiro atoms. The zero-order valence-electron chi connectivity index (χ0n) is 23.5. The van der Waals surface area contributed by atoms with E-state index in [-0.39, 0.29) is 23.9 Å². The van der Waals surface area contributed by atoms with Crippen molar-refractivity contribution in [1.82, 2.24) is 20.2 Å². The summed E-state index contributed by atoms with van der Waals surface area (Å²) in [6, 6.07) is 9.58. The van der Waals surface area contributed by atoms with Crippen LogP contribution in [0.2, 0.25) is 0 Å². The highest BCUT2D eigenvalue weighted by Crippen LogP contribution is 2.23. The molecular weight excluding hydrogens is 509 g/mol. The van der Waals surface area contributed by atoms with E-state index in [0.29, 0.717) is 48.7 Å². The Morgan fingerprint density at radius 1 is 1.18 bits per heavy atom. The van der Waals surface area contributed by atoms with Gasteiger partial charge >= 0.3 is 6.09 Å². The van der Waals surface area contributed by atoms with E-state index in [0.717, 1.165) is 12.8 Å². The molecule has 1 unspecified atom stereocenters. The van der Waals surface area contributed by atoms with E-state index in [4.69, 9.17) is 4.74 Å². The second kappa shape index (κ2) is 12.7. The van der Waals surface area contributed by atoms with Gasteiger partial charge in [-0.25, -0.2) is 14.2 Å². The highest BCUT2D eigenvalue weighted by atomic mass is 19.1. The van der Waals surface area contributed by atoms with Crippen LogP contribution in [-0.2, 0) is 11.2 Å². The lowest BCUT2D eigenvalue weighted by Crippen LogP contribution is -2.55. The number of hydrogen-bond donors (Lipinski definition) is 2. The lowest BCUT2D eigenvalue weighted by Gasteiger charge is -2.41. The number of piperazine rings is 1. The fourth-order valence-corrected chi connectivity index (χ4v) is 4.45. The Balaban J connectivity index is 1.51. The standard InChI is InChI=1S/C31H36FN5O3/c1-22-21-36(16-17-37(22)30(39)40-31(2,3)4)28-25(10-7-23-8-11-27(32)12-9-23)18-26(20-35-28)29(38)34-14-5-6-24-13-15-33-19-24/h8-9,11-13,15,18-20,22,33H,5-6,14,16-17,21H2,1-4H3,(H,34,38). The molecule has 3 aromatic rings. The maximum Gasteiger partial charge on any atom is 0.410 e. The van der Waals surface area contributed by atoms with Gasteiger partial charge in [-0.3, -0.25) is 4.79 Å². The van der Waals surface area contributed by atoms with Gasteiger partial charge in [0.1, 0.15) is 17.2 Å². The number of pyridine rings is 1. The van der Waals surface area contributed by atoms with Crippen molar-refractivity contribution in [2.45, 2.75) is 52.2 Å². The molecule has 0 radical (unpaired) electrons. The summed E-state index contributed by atoms with van der Waals surface area (Å²) in [5, 5.41) is 2.96. The number of benzene rings is 1. The average molecular weight is 546 g/mol. The first-order chi connectivity index (χ1) is 19.1. The van der Waals surface area contributed by atoms with Crippen LogP contribution < -0.4 is 10.2 Å². The Kier molecular flexibility index (Phi) is 9.10.